The molecule has 30 heavy (non-hydrogen) atoms. The minimum atomic E-state index is -0.597. The summed E-state index contributed by atoms with van der Waals surface area (Å²) in [4.78, 5) is 29.8. The van der Waals surface area contributed by atoms with Crippen LogP contribution in [0, 0.1) is 5.82 Å². The lowest BCUT2D eigenvalue weighted by Crippen LogP contribution is -2.32. The van der Waals surface area contributed by atoms with Crippen LogP contribution in [-0.4, -0.2) is 28.2 Å². The number of fused-ring (bicyclic) bond motifs is 1. The van der Waals surface area contributed by atoms with E-state index in [0.29, 0.717) is 18.7 Å². The molecule has 2 amide bonds. The lowest BCUT2D eigenvalue weighted by Gasteiger charge is -2.30. The molecule has 0 saturated heterocycles. The quantitative estimate of drug-likeness (QED) is 0.682. The maximum atomic E-state index is 13.4. The molecule has 4 rings (SSSR count). The number of carbonyl (C=O) groups excluding carboxylic acids is 2. The summed E-state index contributed by atoms with van der Waals surface area (Å²) < 4.78 is 13.4. The summed E-state index contributed by atoms with van der Waals surface area (Å²) in [5, 5.41) is 0. The highest BCUT2D eigenvalue weighted by molar-refractivity contribution is 5.93. The van der Waals surface area contributed by atoms with E-state index in [1.807, 2.05) is 12.1 Å². The standard InChI is InChI=1S/C23H21FN4O2/c24-17-7-5-15(6-8-17)19-11-20(23(26)30)27-21-13-28(10-9-18(19)21)12-14-1-3-16(4-2-14)22(25)29/h1-8,11H,9-10,12-13H2,(H2,25,29)(H2,26,30). The van der Waals surface area contributed by atoms with Crippen LogP contribution in [0.2, 0.25) is 0 Å². The van der Waals surface area contributed by atoms with Crippen LogP contribution in [0.4, 0.5) is 4.39 Å². The Labute approximate surface area is 173 Å². The fourth-order valence-corrected chi connectivity index (χ4v) is 3.78. The van der Waals surface area contributed by atoms with Crippen molar-refractivity contribution in [1.82, 2.24) is 9.88 Å². The molecule has 0 atom stereocenters. The molecule has 6 nitrogen and oxygen atoms in total. The van der Waals surface area contributed by atoms with Crippen LogP contribution in [0.25, 0.3) is 11.1 Å². The third-order valence-corrected chi connectivity index (χ3v) is 5.31. The summed E-state index contributed by atoms with van der Waals surface area (Å²) in [5.41, 5.74) is 16.0. The highest BCUT2D eigenvalue weighted by Crippen LogP contribution is 2.31. The largest absolute Gasteiger partial charge is 0.366 e. The van der Waals surface area contributed by atoms with Gasteiger partial charge in [0.15, 0.2) is 0 Å². The van der Waals surface area contributed by atoms with Gasteiger partial charge < -0.3 is 11.5 Å². The van der Waals surface area contributed by atoms with Gasteiger partial charge >= 0.3 is 0 Å². The molecular weight excluding hydrogens is 383 g/mol. The fraction of sp³-hybridized carbons (Fsp3) is 0.174. The van der Waals surface area contributed by atoms with E-state index in [-0.39, 0.29) is 11.5 Å². The van der Waals surface area contributed by atoms with E-state index in [4.69, 9.17) is 11.5 Å². The van der Waals surface area contributed by atoms with Crippen molar-refractivity contribution in [2.45, 2.75) is 19.5 Å². The molecule has 7 heteroatoms. The van der Waals surface area contributed by atoms with Gasteiger partial charge in [-0.2, -0.15) is 0 Å². The lowest BCUT2D eigenvalue weighted by atomic mass is 9.93. The van der Waals surface area contributed by atoms with Gasteiger partial charge in [0.25, 0.3) is 5.91 Å². The first-order valence-electron chi connectivity index (χ1n) is 9.60. The Morgan fingerprint density at radius 2 is 1.70 bits per heavy atom. The van der Waals surface area contributed by atoms with Gasteiger partial charge in [-0.1, -0.05) is 24.3 Å². The number of amides is 2. The number of hydrogen-bond donors (Lipinski definition) is 2. The minimum absolute atomic E-state index is 0.195. The molecule has 0 spiro atoms. The Kier molecular flexibility index (Phi) is 5.29. The maximum Gasteiger partial charge on any atom is 0.267 e. The second-order valence-corrected chi connectivity index (χ2v) is 7.37. The summed E-state index contributed by atoms with van der Waals surface area (Å²) in [6.07, 6.45) is 0.744. The second-order valence-electron chi connectivity index (χ2n) is 7.37. The average Bonchev–Trinajstić information content (AvgIpc) is 2.73. The number of nitrogens with two attached hydrogens (primary N) is 2. The van der Waals surface area contributed by atoms with Crippen molar-refractivity contribution in [3.8, 4) is 11.1 Å². The Morgan fingerprint density at radius 1 is 1.00 bits per heavy atom. The lowest BCUT2D eigenvalue weighted by molar-refractivity contribution is 0.0988. The molecule has 1 aliphatic heterocycles. The third kappa shape index (κ3) is 4.06. The number of hydrogen-bond acceptors (Lipinski definition) is 4. The highest BCUT2D eigenvalue weighted by atomic mass is 19.1. The van der Waals surface area contributed by atoms with Gasteiger partial charge in [0, 0.05) is 25.2 Å². The van der Waals surface area contributed by atoms with Crippen molar-refractivity contribution in [1.29, 1.82) is 0 Å². The number of benzene rings is 2. The minimum Gasteiger partial charge on any atom is -0.366 e. The zero-order chi connectivity index (χ0) is 21.3. The van der Waals surface area contributed by atoms with E-state index in [0.717, 1.165) is 40.9 Å². The van der Waals surface area contributed by atoms with Gasteiger partial charge in [0.1, 0.15) is 11.5 Å². The van der Waals surface area contributed by atoms with Crippen molar-refractivity contribution in [2.24, 2.45) is 11.5 Å². The molecule has 0 fully saturated rings. The second kappa shape index (κ2) is 8.04. The molecule has 1 aromatic heterocycles. The molecule has 0 unspecified atom stereocenters. The van der Waals surface area contributed by atoms with Crippen molar-refractivity contribution in [3.05, 3.63) is 88.5 Å². The first-order chi connectivity index (χ1) is 14.4. The number of primary amides is 2. The summed E-state index contributed by atoms with van der Waals surface area (Å²) in [7, 11) is 0. The Balaban J connectivity index is 1.63. The SMILES string of the molecule is NC(=O)c1ccc(CN2CCc3c(-c4ccc(F)cc4)cc(C(N)=O)nc3C2)cc1. The number of rotatable bonds is 5. The number of aromatic nitrogens is 1. The van der Waals surface area contributed by atoms with Crippen LogP contribution in [0.5, 0.6) is 0 Å². The van der Waals surface area contributed by atoms with Crippen LogP contribution in [-0.2, 0) is 19.5 Å². The van der Waals surface area contributed by atoms with Gasteiger partial charge in [-0.3, -0.25) is 14.5 Å². The smallest absolute Gasteiger partial charge is 0.267 e. The van der Waals surface area contributed by atoms with Gasteiger partial charge in [-0.25, -0.2) is 9.37 Å². The summed E-state index contributed by atoms with van der Waals surface area (Å²) in [6.45, 7) is 2.03. The highest BCUT2D eigenvalue weighted by Gasteiger charge is 2.23. The van der Waals surface area contributed by atoms with E-state index in [1.165, 1.54) is 12.1 Å². The van der Waals surface area contributed by atoms with Crippen molar-refractivity contribution in [3.63, 3.8) is 0 Å². The van der Waals surface area contributed by atoms with Gasteiger partial charge in [-0.05, 0) is 59.0 Å². The number of halogens is 1. The summed E-state index contributed by atoms with van der Waals surface area (Å²) >= 11 is 0. The molecule has 152 valence electrons. The van der Waals surface area contributed by atoms with E-state index in [1.54, 1.807) is 30.3 Å². The average molecular weight is 404 g/mol. The molecule has 2 aromatic carbocycles. The van der Waals surface area contributed by atoms with Crippen molar-refractivity contribution < 1.29 is 14.0 Å². The first-order valence-corrected chi connectivity index (χ1v) is 9.60. The Bertz CT molecular complexity index is 1110. The van der Waals surface area contributed by atoms with E-state index < -0.39 is 11.8 Å². The number of pyridine rings is 1. The molecule has 1 aliphatic rings. The van der Waals surface area contributed by atoms with Crippen LogP contribution >= 0.6 is 0 Å². The number of nitrogens with zero attached hydrogens (tertiary/aromatic N) is 2. The normalized spacial score (nSPS) is 13.6. The summed E-state index contributed by atoms with van der Waals surface area (Å²) in [5.74, 6) is -1.37. The molecule has 0 bridgehead atoms. The van der Waals surface area contributed by atoms with Crippen molar-refractivity contribution >= 4 is 11.8 Å². The van der Waals surface area contributed by atoms with Crippen LogP contribution < -0.4 is 11.5 Å². The Morgan fingerprint density at radius 3 is 2.33 bits per heavy atom. The van der Waals surface area contributed by atoms with Gasteiger partial charge in [0.05, 0.1) is 5.69 Å². The van der Waals surface area contributed by atoms with Gasteiger partial charge in [-0.15, -0.1) is 0 Å². The molecule has 3 aromatic rings. The van der Waals surface area contributed by atoms with Crippen LogP contribution in [0.1, 0.15) is 37.7 Å². The molecule has 0 aliphatic carbocycles. The fourth-order valence-electron chi connectivity index (χ4n) is 3.78. The van der Waals surface area contributed by atoms with E-state index in [9.17, 15) is 14.0 Å². The van der Waals surface area contributed by atoms with Crippen LogP contribution in [0.15, 0.2) is 54.6 Å². The van der Waals surface area contributed by atoms with Gasteiger partial charge in [0.2, 0.25) is 5.91 Å². The Hall–Kier alpha value is -3.58. The zero-order valence-electron chi connectivity index (χ0n) is 16.3. The monoisotopic (exact) mass is 404 g/mol. The molecule has 4 N–H and O–H groups in total. The zero-order valence-corrected chi connectivity index (χ0v) is 16.3. The van der Waals surface area contributed by atoms with Crippen molar-refractivity contribution in [2.75, 3.05) is 6.54 Å². The topological polar surface area (TPSA) is 102 Å². The number of carbonyl (C=O) groups is 2. The van der Waals surface area contributed by atoms with E-state index in [2.05, 4.69) is 9.88 Å². The molecular formula is C23H21FN4O2. The molecule has 0 saturated carbocycles. The third-order valence-electron chi connectivity index (χ3n) is 5.31. The van der Waals surface area contributed by atoms with Crippen LogP contribution in [0.3, 0.4) is 0 Å². The predicted molar refractivity (Wildman–Crippen MR) is 111 cm³/mol. The molecule has 0 radical (unpaired) electrons. The first kappa shape index (κ1) is 19.7. The maximum absolute atomic E-state index is 13.4. The predicted octanol–water partition coefficient (Wildman–Crippen LogP) is 2.64. The summed E-state index contributed by atoms with van der Waals surface area (Å²) in [6, 6.07) is 15.1. The van der Waals surface area contributed by atoms with E-state index >= 15 is 0 Å². The molecule has 2 heterocycles.